The van der Waals surface area contributed by atoms with Gasteiger partial charge < -0.3 is 4.74 Å². The molecule has 2 heteroatoms. The van der Waals surface area contributed by atoms with Gasteiger partial charge in [0.15, 0.2) is 0 Å². The fourth-order valence-electron chi connectivity index (χ4n) is 1.39. The zero-order valence-electron chi connectivity index (χ0n) is 8.63. The number of ether oxygens (including phenoxy) is 1. The van der Waals surface area contributed by atoms with Gasteiger partial charge in [0.1, 0.15) is 5.75 Å². The number of alkyl halides is 1. The average Bonchev–Trinajstić information content (AvgIpc) is 2.25. The van der Waals surface area contributed by atoms with Gasteiger partial charge in [0.25, 0.3) is 0 Å². The van der Waals surface area contributed by atoms with E-state index in [1.807, 2.05) is 12.1 Å². The monoisotopic (exact) mass is 304 g/mol. The lowest BCUT2D eigenvalue weighted by atomic mass is 10.1. The summed E-state index contributed by atoms with van der Waals surface area (Å²) in [5, 5.41) is 0. The van der Waals surface area contributed by atoms with Crippen LogP contribution >= 0.6 is 22.6 Å². The van der Waals surface area contributed by atoms with Crippen LogP contribution in [0.2, 0.25) is 0 Å². The maximum Gasteiger partial charge on any atom is 0.118 e. The van der Waals surface area contributed by atoms with Gasteiger partial charge in [0.2, 0.25) is 0 Å². The molecular weight excluding hydrogens is 287 g/mol. The highest BCUT2D eigenvalue weighted by atomic mass is 127. The van der Waals surface area contributed by atoms with E-state index in [4.69, 9.17) is 4.74 Å². The smallest absolute Gasteiger partial charge is 0.118 e. The molecule has 0 bridgehead atoms. The zero-order valence-corrected chi connectivity index (χ0v) is 10.8. The molecule has 0 unspecified atom stereocenters. The van der Waals surface area contributed by atoms with E-state index in [0.29, 0.717) is 0 Å². The molecule has 0 aliphatic heterocycles. The van der Waals surface area contributed by atoms with Crippen molar-refractivity contribution >= 4 is 22.6 Å². The molecule has 1 aromatic carbocycles. The van der Waals surface area contributed by atoms with Gasteiger partial charge in [0.05, 0.1) is 7.11 Å². The molecule has 0 N–H and O–H groups in total. The number of aryl methyl sites for hydroxylation is 1. The van der Waals surface area contributed by atoms with E-state index in [-0.39, 0.29) is 0 Å². The second-order valence-electron chi connectivity index (χ2n) is 3.35. The number of hydrogen-bond acceptors (Lipinski definition) is 1. The minimum atomic E-state index is 0.945. The topological polar surface area (TPSA) is 9.23 Å². The van der Waals surface area contributed by atoms with Gasteiger partial charge >= 0.3 is 0 Å². The molecule has 0 heterocycles. The Balaban J connectivity index is 2.29. The Labute approximate surface area is 100.0 Å². The lowest BCUT2D eigenvalue weighted by molar-refractivity contribution is 0.414. The number of unbranched alkanes of at least 4 members (excludes halogenated alkanes) is 2. The maximum absolute atomic E-state index is 5.11. The van der Waals surface area contributed by atoms with Crippen molar-refractivity contribution in [3.63, 3.8) is 0 Å². The van der Waals surface area contributed by atoms with Crippen molar-refractivity contribution in [1.82, 2.24) is 0 Å². The molecule has 78 valence electrons. The first-order valence-electron chi connectivity index (χ1n) is 5.05. The van der Waals surface area contributed by atoms with Crippen LogP contribution in [-0.4, -0.2) is 11.5 Å². The molecule has 0 aromatic heterocycles. The first-order chi connectivity index (χ1) is 6.86. The molecule has 1 nitrogen and oxygen atoms in total. The summed E-state index contributed by atoms with van der Waals surface area (Å²) in [4.78, 5) is 0. The fraction of sp³-hybridized carbons (Fsp3) is 0.500. The Hall–Kier alpha value is -0.250. The van der Waals surface area contributed by atoms with Crippen molar-refractivity contribution < 1.29 is 4.74 Å². The molecule has 0 saturated carbocycles. The van der Waals surface area contributed by atoms with Gasteiger partial charge in [-0.05, 0) is 41.4 Å². The summed E-state index contributed by atoms with van der Waals surface area (Å²) in [7, 11) is 1.70. The van der Waals surface area contributed by atoms with Gasteiger partial charge in [-0.2, -0.15) is 0 Å². The van der Waals surface area contributed by atoms with Crippen LogP contribution in [-0.2, 0) is 6.42 Å². The number of rotatable bonds is 6. The van der Waals surface area contributed by atoms with Gasteiger partial charge in [0, 0.05) is 0 Å². The summed E-state index contributed by atoms with van der Waals surface area (Å²) in [6.07, 6.45) is 5.18. The largest absolute Gasteiger partial charge is 0.497 e. The molecule has 1 rings (SSSR count). The highest BCUT2D eigenvalue weighted by Crippen LogP contribution is 2.13. The van der Waals surface area contributed by atoms with Crippen LogP contribution in [0.25, 0.3) is 0 Å². The predicted molar refractivity (Wildman–Crippen MR) is 69.4 cm³/mol. The standard InChI is InChI=1S/C12H17IO/c1-14-12-8-6-11(7-9-12)5-3-2-4-10-13/h6-9H,2-5,10H2,1H3. The van der Waals surface area contributed by atoms with E-state index in [1.165, 1.54) is 35.7 Å². The Morgan fingerprint density at radius 2 is 1.79 bits per heavy atom. The maximum atomic E-state index is 5.11. The Bertz CT molecular complexity index is 243. The summed E-state index contributed by atoms with van der Waals surface area (Å²) in [6, 6.07) is 8.38. The van der Waals surface area contributed by atoms with Crippen LogP contribution in [0.15, 0.2) is 24.3 Å². The minimum Gasteiger partial charge on any atom is -0.497 e. The lowest BCUT2D eigenvalue weighted by Gasteiger charge is -2.02. The molecule has 0 aliphatic carbocycles. The summed E-state index contributed by atoms with van der Waals surface area (Å²) in [6.45, 7) is 0. The summed E-state index contributed by atoms with van der Waals surface area (Å²) >= 11 is 2.43. The minimum absolute atomic E-state index is 0.945. The van der Waals surface area contributed by atoms with Crippen LogP contribution in [0.1, 0.15) is 24.8 Å². The van der Waals surface area contributed by atoms with E-state index in [2.05, 4.69) is 34.7 Å². The van der Waals surface area contributed by atoms with E-state index in [0.717, 1.165) is 5.75 Å². The van der Waals surface area contributed by atoms with Gasteiger partial charge in [-0.1, -0.05) is 41.1 Å². The van der Waals surface area contributed by atoms with E-state index in [9.17, 15) is 0 Å². The van der Waals surface area contributed by atoms with Gasteiger partial charge in [-0.15, -0.1) is 0 Å². The molecule has 0 fully saturated rings. The SMILES string of the molecule is COc1ccc(CCCCCI)cc1. The van der Waals surface area contributed by atoms with E-state index >= 15 is 0 Å². The van der Waals surface area contributed by atoms with Crippen LogP contribution in [0.4, 0.5) is 0 Å². The zero-order chi connectivity index (χ0) is 10.2. The summed E-state index contributed by atoms with van der Waals surface area (Å²) in [5.41, 5.74) is 1.42. The third-order valence-electron chi connectivity index (χ3n) is 2.26. The molecule has 0 aliphatic rings. The number of methoxy groups -OCH3 is 1. The summed E-state index contributed by atoms with van der Waals surface area (Å²) < 4.78 is 6.39. The number of hydrogen-bond donors (Lipinski definition) is 0. The van der Waals surface area contributed by atoms with Crippen molar-refractivity contribution in [2.75, 3.05) is 11.5 Å². The first-order valence-corrected chi connectivity index (χ1v) is 6.58. The third-order valence-corrected chi connectivity index (χ3v) is 3.02. The molecule has 0 spiro atoms. The second-order valence-corrected chi connectivity index (χ2v) is 4.43. The van der Waals surface area contributed by atoms with Crippen LogP contribution < -0.4 is 4.74 Å². The van der Waals surface area contributed by atoms with Crippen LogP contribution in [0.5, 0.6) is 5.75 Å². The number of halogens is 1. The van der Waals surface area contributed by atoms with Crippen molar-refractivity contribution in [3.05, 3.63) is 29.8 Å². The van der Waals surface area contributed by atoms with Crippen molar-refractivity contribution in [2.45, 2.75) is 25.7 Å². The summed E-state index contributed by atoms with van der Waals surface area (Å²) in [5.74, 6) is 0.945. The second kappa shape index (κ2) is 7.10. The Morgan fingerprint density at radius 1 is 1.07 bits per heavy atom. The quantitative estimate of drug-likeness (QED) is 0.441. The first kappa shape index (κ1) is 11.8. The lowest BCUT2D eigenvalue weighted by Crippen LogP contribution is -1.87. The highest BCUT2D eigenvalue weighted by Gasteiger charge is 1.94. The van der Waals surface area contributed by atoms with E-state index < -0.39 is 0 Å². The molecule has 1 aromatic rings. The van der Waals surface area contributed by atoms with Crippen LogP contribution in [0, 0.1) is 0 Å². The molecule has 14 heavy (non-hydrogen) atoms. The van der Waals surface area contributed by atoms with E-state index in [1.54, 1.807) is 7.11 Å². The molecule has 0 saturated heterocycles. The van der Waals surface area contributed by atoms with Crippen molar-refractivity contribution in [1.29, 1.82) is 0 Å². The Kier molecular flexibility index (Phi) is 5.99. The number of benzene rings is 1. The molecule has 0 atom stereocenters. The third kappa shape index (κ3) is 4.31. The molecular formula is C12H17IO. The van der Waals surface area contributed by atoms with Crippen LogP contribution in [0.3, 0.4) is 0 Å². The predicted octanol–water partition coefficient (Wildman–Crippen LogP) is 3.84. The highest BCUT2D eigenvalue weighted by molar-refractivity contribution is 14.1. The van der Waals surface area contributed by atoms with Gasteiger partial charge in [-0.25, -0.2) is 0 Å². The average molecular weight is 304 g/mol. The fourth-order valence-corrected chi connectivity index (χ4v) is 1.93. The van der Waals surface area contributed by atoms with Crippen molar-refractivity contribution in [2.24, 2.45) is 0 Å². The molecule has 0 radical (unpaired) electrons. The molecule has 0 amide bonds. The normalized spacial score (nSPS) is 10.1. The van der Waals surface area contributed by atoms with Gasteiger partial charge in [-0.3, -0.25) is 0 Å². The van der Waals surface area contributed by atoms with Crippen molar-refractivity contribution in [3.8, 4) is 5.75 Å². The Morgan fingerprint density at radius 3 is 2.36 bits per heavy atom.